The van der Waals surface area contributed by atoms with Gasteiger partial charge in [-0.15, -0.1) is 0 Å². The highest BCUT2D eigenvalue weighted by atomic mass is 35.5. The molecule has 1 aliphatic heterocycles. The molecule has 2 aromatic carbocycles. The van der Waals surface area contributed by atoms with Gasteiger partial charge in [0.05, 0.1) is 11.4 Å². The molecule has 1 N–H and O–H groups in total. The normalized spacial score (nSPS) is 15.0. The molecule has 2 aromatic rings. The van der Waals surface area contributed by atoms with Crippen LogP contribution >= 0.6 is 11.6 Å². The zero-order valence-corrected chi connectivity index (χ0v) is 18.0. The molecule has 1 fully saturated rings. The number of sulfonamides is 1. The zero-order chi connectivity index (χ0) is 20.9. The first-order valence-corrected chi connectivity index (χ1v) is 11.5. The number of rotatable bonds is 8. The van der Waals surface area contributed by atoms with Gasteiger partial charge >= 0.3 is 0 Å². The number of nitrogens with zero attached hydrogens (tertiary/aromatic N) is 2. The number of likely N-dealkylation sites (N-methyl/N-ethyl adjacent to an activating group) is 1. The maximum Gasteiger partial charge on any atom is 0.243 e. The smallest absolute Gasteiger partial charge is 0.243 e. The number of nitrogens with one attached hydrogen (secondary N) is 1. The molecule has 3 rings (SSSR count). The molecule has 156 valence electrons. The van der Waals surface area contributed by atoms with Crippen LogP contribution in [0.4, 0.5) is 0 Å². The molecule has 1 saturated heterocycles. The molecular weight excluding hydrogens is 410 g/mol. The van der Waals surface area contributed by atoms with Gasteiger partial charge in [0.1, 0.15) is 0 Å². The molecule has 29 heavy (non-hydrogen) atoms. The lowest BCUT2D eigenvalue weighted by Crippen LogP contribution is -2.38. The quantitative estimate of drug-likeness (QED) is 0.692. The Kier molecular flexibility index (Phi) is 7.29. The fourth-order valence-corrected chi connectivity index (χ4v) is 4.62. The van der Waals surface area contributed by atoms with Gasteiger partial charge in [-0.3, -0.25) is 9.69 Å². The minimum Gasteiger partial charge on any atom is -0.351 e. The largest absolute Gasteiger partial charge is 0.351 e. The Balaban J connectivity index is 1.53. The van der Waals surface area contributed by atoms with Gasteiger partial charge in [0.15, 0.2) is 0 Å². The number of hydrogen-bond donors (Lipinski definition) is 1. The minimum atomic E-state index is -3.75. The van der Waals surface area contributed by atoms with Gasteiger partial charge in [0.2, 0.25) is 15.9 Å². The topological polar surface area (TPSA) is 69.7 Å². The zero-order valence-electron chi connectivity index (χ0n) is 16.5. The third-order valence-electron chi connectivity index (χ3n) is 4.97. The summed E-state index contributed by atoms with van der Waals surface area (Å²) >= 11 is 5.81. The summed E-state index contributed by atoms with van der Waals surface area (Å²) in [4.78, 5) is 14.8. The van der Waals surface area contributed by atoms with Crippen LogP contribution in [0.1, 0.15) is 24.0 Å². The molecule has 1 heterocycles. The molecule has 8 heteroatoms. The molecule has 6 nitrogen and oxygen atoms in total. The fourth-order valence-electron chi connectivity index (χ4n) is 3.37. The van der Waals surface area contributed by atoms with Crippen molar-refractivity contribution in [3.63, 3.8) is 0 Å². The first-order chi connectivity index (χ1) is 13.8. The summed E-state index contributed by atoms with van der Waals surface area (Å²) in [5, 5.41) is 3.26. The number of hydrogen-bond acceptors (Lipinski definition) is 4. The van der Waals surface area contributed by atoms with Gasteiger partial charge in [0.25, 0.3) is 0 Å². The average molecular weight is 436 g/mol. The standard InChI is InChI=1S/C21H26ClN3O3S/c1-24(29(27,28)20-9-7-19(22)8-10-20)16-21(26)23-14-17-5-4-6-18(13-17)15-25-11-2-3-12-25/h4-10,13H,2-3,11-12,14-16H2,1H3,(H,23,26). The highest BCUT2D eigenvalue weighted by molar-refractivity contribution is 7.89. The third-order valence-corrected chi connectivity index (χ3v) is 7.04. The Morgan fingerprint density at radius 2 is 1.76 bits per heavy atom. The van der Waals surface area contributed by atoms with Crippen molar-refractivity contribution in [1.29, 1.82) is 0 Å². The van der Waals surface area contributed by atoms with Crippen molar-refractivity contribution in [3.05, 3.63) is 64.7 Å². The van der Waals surface area contributed by atoms with Gasteiger partial charge in [-0.05, 0) is 61.3 Å². The molecule has 0 bridgehead atoms. The summed E-state index contributed by atoms with van der Waals surface area (Å²) in [6, 6.07) is 14.0. The van der Waals surface area contributed by atoms with E-state index in [2.05, 4.69) is 22.3 Å². The minimum absolute atomic E-state index is 0.104. The van der Waals surface area contributed by atoms with Crippen molar-refractivity contribution in [2.45, 2.75) is 30.8 Å². The molecule has 0 aliphatic carbocycles. The monoisotopic (exact) mass is 435 g/mol. The number of benzene rings is 2. The van der Waals surface area contributed by atoms with Crippen LogP contribution in [-0.4, -0.2) is 50.2 Å². The van der Waals surface area contributed by atoms with Crippen LogP contribution in [0.25, 0.3) is 0 Å². The first-order valence-electron chi connectivity index (χ1n) is 9.63. The fraction of sp³-hybridized carbons (Fsp3) is 0.381. The number of amides is 1. The molecule has 0 radical (unpaired) electrons. The predicted molar refractivity (Wildman–Crippen MR) is 114 cm³/mol. The molecular formula is C21H26ClN3O3S. The van der Waals surface area contributed by atoms with Crippen molar-refractivity contribution in [2.24, 2.45) is 0 Å². The number of carbonyl (C=O) groups excluding carboxylic acids is 1. The summed E-state index contributed by atoms with van der Waals surface area (Å²) in [6.07, 6.45) is 2.50. The Bertz CT molecular complexity index is 942. The Morgan fingerprint density at radius 3 is 2.45 bits per heavy atom. The van der Waals surface area contributed by atoms with E-state index in [1.165, 1.54) is 49.7 Å². The van der Waals surface area contributed by atoms with Crippen LogP contribution in [0.15, 0.2) is 53.4 Å². The van der Waals surface area contributed by atoms with Crippen molar-refractivity contribution in [3.8, 4) is 0 Å². The van der Waals surface area contributed by atoms with Crippen molar-refractivity contribution >= 4 is 27.5 Å². The van der Waals surface area contributed by atoms with E-state index in [9.17, 15) is 13.2 Å². The summed E-state index contributed by atoms with van der Waals surface area (Å²) in [7, 11) is -2.36. The molecule has 1 amide bonds. The summed E-state index contributed by atoms with van der Waals surface area (Å²) in [6.45, 7) is 3.30. The lowest BCUT2D eigenvalue weighted by atomic mass is 10.1. The molecule has 0 saturated carbocycles. The van der Waals surface area contributed by atoms with E-state index in [4.69, 9.17) is 11.6 Å². The Morgan fingerprint density at radius 1 is 1.10 bits per heavy atom. The molecule has 0 unspecified atom stereocenters. The number of halogens is 1. The van der Waals surface area contributed by atoms with Crippen molar-refractivity contribution in [2.75, 3.05) is 26.7 Å². The van der Waals surface area contributed by atoms with E-state index in [-0.39, 0.29) is 17.3 Å². The van der Waals surface area contributed by atoms with Gasteiger partial charge in [0, 0.05) is 25.2 Å². The lowest BCUT2D eigenvalue weighted by molar-refractivity contribution is -0.121. The molecule has 0 spiro atoms. The van der Waals surface area contributed by atoms with Crippen LogP contribution in [-0.2, 0) is 27.9 Å². The second kappa shape index (κ2) is 9.71. The van der Waals surface area contributed by atoms with Gasteiger partial charge in [-0.2, -0.15) is 4.31 Å². The van der Waals surface area contributed by atoms with Gasteiger partial charge in [-0.25, -0.2) is 8.42 Å². The van der Waals surface area contributed by atoms with Crippen LogP contribution < -0.4 is 5.32 Å². The SMILES string of the molecule is CN(CC(=O)NCc1cccc(CN2CCCC2)c1)S(=O)(=O)c1ccc(Cl)cc1. The van der Waals surface area contributed by atoms with E-state index < -0.39 is 10.0 Å². The van der Waals surface area contributed by atoms with Crippen LogP contribution in [0.2, 0.25) is 5.02 Å². The number of likely N-dealkylation sites (tertiary alicyclic amines) is 1. The van der Waals surface area contributed by atoms with Gasteiger partial charge < -0.3 is 5.32 Å². The predicted octanol–water partition coefficient (Wildman–Crippen LogP) is 2.87. The van der Waals surface area contributed by atoms with Crippen LogP contribution in [0.3, 0.4) is 0 Å². The van der Waals surface area contributed by atoms with Gasteiger partial charge in [-0.1, -0.05) is 35.9 Å². The highest BCUT2D eigenvalue weighted by Gasteiger charge is 2.22. The van der Waals surface area contributed by atoms with E-state index in [0.717, 1.165) is 29.5 Å². The van der Waals surface area contributed by atoms with Crippen LogP contribution in [0, 0.1) is 0 Å². The van der Waals surface area contributed by atoms with E-state index >= 15 is 0 Å². The Labute approximate surface area is 177 Å². The maximum absolute atomic E-state index is 12.6. The Hall–Kier alpha value is -1.93. The molecule has 1 aliphatic rings. The second-order valence-corrected chi connectivity index (χ2v) is 9.78. The van der Waals surface area contributed by atoms with E-state index in [1.807, 2.05) is 12.1 Å². The van der Waals surface area contributed by atoms with Crippen molar-refractivity contribution < 1.29 is 13.2 Å². The van der Waals surface area contributed by atoms with E-state index in [0.29, 0.717) is 11.6 Å². The summed E-state index contributed by atoms with van der Waals surface area (Å²) < 4.78 is 26.2. The molecule has 0 aromatic heterocycles. The van der Waals surface area contributed by atoms with Crippen molar-refractivity contribution in [1.82, 2.24) is 14.5 Å². The second-order valence-electron chi connectivity index (χ2n) is 7.29. The first kappa shape index (κ1) is 21.8. The third kappa shape index (κ3) is 6.02. The highest BCUT2D eigenvalue weighted by Crippen LogP contribution is 2.17. The summed E-state index contributed by atoms with van der Waals surface area (Å²) in [5.74, 6) is -0.352. The lowest BCUT2D eigenvalue weighted by Gasteiger charge is -2.17. The maximum atomic E-state index is 12.6. The van der Waals surface area contributed by atoms with E-state index in [1.54, 1.807) is 0 Å². The van der Waals surface area contributed by atoms with Crippen LogP contribution in [0.5, 0.6) is 0 Å². The summed E-state index contributed by atoms with van der Waals surface area (Å²) in [5.41, 5.74) is 2.22. The number of carbonyl (C=O) groups is 1. The average Bonchev–Trinajstić information content (AvgIpc) is 3.20. The molecule has 0 atom stereocenters.